The van der Waals surface area contributed by atoms with Crippen LogP contribution in [0.4, 0.5) is 5.00 Å². The number of hydrogen-bond acceptors (Lipinski definition) is 10. The first-order valence-corrected chi connectivity index (χ1v) is 16.5. The van der Waals surface area contributed by atoms with E-state index in [0.29, 0.717) is 16.6 Å². The van der Waals surface area contributed by atoms with Gasteiger partial charge in [0.05, 0.1) is 29.5 Å². The van der Waals surface area contributed by atoms with Gasteiger partial charge >= 0.3 is 11.9 Å². The second kappa shape index (κ2) is 12.7. The number of carbonyl (C=O) groups is 4. The number of esters is 2. The fraction of sp³-hybridized carbons (Fsp3) is 0.400. The zero-order valence-corrected chi connectivity index (χ0v) is 25.7. The van der Waals surface area contributed by atoms with Crippen molar-refractivity contribution >= 4 is 87.4 Å². The number of carbonyl (C=O) groups excluding carboxylic acids is 4. The summed E-state index contributed by atoms with van der Waals surface area (Å²) in [5.74, 6) is -4.98. The van der Waals surface area contributed by atoms with Crippen molar-refractivity contribution in [1.29, 1.82) is 0 Å². The Bertz CT molecular complexity index is 1670. The molecule has 4 rings (SSSR count). The van der Waals surface area contributed by atoms with E-state index in [1.54, 1.807) is 25.1 Å². The Hall–Kier alpha value is -2.88. The number of rotatable bonds is 9. The molecule has 0 radical (unpaired) electrons. The molecule has 0 bridgehead atoms. The van der Waals surface area contributed by atoms with Gasteiger partial charge in [0.15, 0.2) is 14.6 Å². The third kappa shape index (κ3) is 7.06. The number of nitrogens with one attached hydrogen (secondary N) is 1. The maximum absolute atomic E-state index is 12.8. The number of anilines is 1. The van der Waals surface area contributed by atoms with Gasteiger partial charge in [0.1, 0.15) is 23.1 Å². The van der Waals surface area contributed by atoms with Gasteiger partial charge in [0.25, 0.3) is 5.91 Å². The van der Waals surface area contributed by atoms with Crippen molar-refractivity contribution in [3.63, 3.8) is 0 Å². The minimum Gasteiger partial charge on any atom is -0.468 e. The highest BCUT2D eigenvalue weighted by Gasteiger charge is 2.29. The minimum atomic E-state index is -4.21. The van der Waals surface area contributed by atoms with Crippen molar-refractivity contribution in [2.45, 2.75) is 39.2 Å². The number of hydrogen-bond donors (Lipinski definition) is 1. The number of fused-ring (bicyclic) bond motifs is 2. The Balaban J connectivity index is 1.52. The lowest BCUT2D eigenvalue weighted by Crippen LogP contribution is -2.29. The van der Waals surface area contributed by atoms with Crippen LogP contribution >= 0.6 is 38.6 Å². The molecule has 2 heterocycles. The SMILES string of the molecule is CCOC(=O)c1c(NC(=O)CS(=O)(=O)CC(=O)N=c2sc3cc(Br)ccc3n2CC(=O)OC)sc2c1CCCC2. The van der Waals surface area contributed by atoms with Crippen molar-refractivity contribution in [2.24, 2.45) is 4.99 Å². The predicted molar refractivity (Wildman–Crippen MR) is 154 cm³/mol. The number of halogens is 1. The van der Waals surface area contributed by atoms with E-state index in [1.807, 2.05) is 0 Å². The number of ether oxygens (including phenoxy) is 2. The topological polar surface area (TPSA) is 150 Å². The van der Waals surface area contributed by atoms with Gasteiger partial charge in [-0.1, -0.05) is 27.3 Å². The van der Waals surface area contributed by atoms with Crippen LogP contribution in [0.2, 0.25) is 0 Å². The molecule has 40 heavy (non-hydrogen) atoms. The number of sulfone groups is 1. The van der Waals surface area contributed by atoms with Gasteiger partial charge in [0, 0.05) is 9.35 Å². The molecule has 0 unspecified atom stereocenters. The van der Waals surface area contributed by atoms with Gasteiger partial charge in [-0.25, -0.2) is 13.2 Å². The molecule has 1 N–H and O–H groups in total. The van der Waals surface area contributed by atoms with E-state index in [-0.39, 0.29) is 28.5 Å². The molecule has 0 saturated carbocycles. The van der Waals surface area contributed by atoms with Gasteiger partial charge in [-0.2, -0.15) is 4.99 Å². The zero-order chi connectivity index (χ0) is 29.0. The quantitative estimate of drug-likeness (QED) is 0.341. The smallest absolute Gasteiger partial charge is 0.341 e. The molecule has 0 atom stereocenters. The standard InChI is InChI=1S/C25H26BrN3O8S3/c1-3-37-24(33)22-15-6-4-5-7-17(15)38-23(22)27-19(30)12-40(34,35)13-20(31)28-25-29(11-21(32)36-2)16-9-8-14(26)10-18(16)39-25/h8-10H,3-7,11-13H2,1-2H3,(H,27,30). The Labute approximate surface area is 246 Å². The van der Waals surface area contributed by atoms with Crippen molar-refractivity contribution in [3.8, 4) is 0 Å². The van der Waals surface area contributed by atoms with E-state index in [1.165, 1.54) is 23.0 Å². The molecule has 1 aromatic carbocycles. The second-order valence-corrected chi connectivity index (χ2v) is 14.0. The van der Waals surface area contributed by atoms with Crippen LogP contribution in [0, 0.1) is 0 Å². The van der Waals surface area contributed by atoms with Crippen LogP contribution < -0.4 is 10.1 Å². The molecule has 214 valence electrons. The maximum atomic E-state index is 12.8. The van der Waals surface area contributed by atoms with Crippen molar-refractivity contribution in [2.75, 3.05) is 30.5 Å². The van der Waals surface area contributed by atoms with Gasteiger partial charge in [-0.05, 0) is 56.4 Å². The highest BCUT2D eigenvalue weighted by Crippen LogP contribution is 2.38. The van der Waals surface area contributed by atoms with E-state index in [4.69, 9.17) is 9.47 Å². The fourth-order valence-corrected chi connectivity index (χ4v) is 8.20. The van der Waals surface area contributed by atoms with Crippen LogP contribution in [0.3, 0.4) is 0 Å². The normalized spacial score (nSPS) is 13.6. The first kappa shape index (κ1) is 30.1. The number of aryl methyl sites for hydroxylation is 1. The number of nitrogens with zero attached hydrogens (tertiary/aromatic N) is 2. The lowest BCUT2D eigenvalue weighted by molar-refractivity contribution is -0.141. The molecule has 2 amide bonds. The molecule has 3 aromatic rings. The molecule has 0 fully saturated rings. The van der Waals surface area contributed by atoms with Crippen molar-refractivity contribution in [3.05, 3.63) is 43.5 Å². The molecule has 11 nitrogen and oxygen atoms in total. The molecule has 15 heteroatoms. The van der Waals surface area contributed by atoms with Crippen LogP contribution in [0.1, 0.15) is 40.6 Å². The van der Waals surface area contributed by atoms with Gasteiger partial charge < -0.3 is 19.4 Å². The van der Waals surface area contributed by atoms with E-state index in [9.17, 15) is 27.6 Å². The number of aromatic nitrogens is 1. The summed E-state index contributed by atoms with van der Waals surface area (Å²) in [4.78, 5) is 55.0. The summed E-state index contributed by atoms with van der Waals surface area (Å²) in [6.45, 7) is 1.61. The molecule has 0 aliphatic heterocycles. The zero-order valence-electron chi connectivity index (χ0n) is 21.7. The van der Waals surface area contributed by atoms with E-state index >= 15 is 0 Å². The van der Waals surface area contributed by atoms with Gasteiger partial charge in [-0.3, -0.25) is 14.4 Å². The summed E-state index contributed by atoms with van der Waals surface area (Å²) in [5, 5.41) is 2.80. The second-order valence-electron chi connectivity index (χ2n) is 8.88. The minimum absolute atomic E-state index is 0.117. The summed E-state index contributed by atoms with van der Waals surface area (Å²) < 4.78 is 38.4. The molecule has 0 spiro atoms. The van der Waals surface area contributed by atoms with Crippen molar-refractivity contribution < 1.29 is 37.1 Å². The average Bonchev–Trinajstić information content (AvgIpc) is 3.39. The summed E-state index contributed by atoms with van der Waals surface area (Å²) in [7, 11) is -2.98. The third-order valence-corrected chi connectivity index (χ3v) is 10.1. The number of benzene rings is 1. The van der Waals surface area contributed by atoms with Crippen molar-refractivity contribution in [1.82, 2.24) is 4.57 Å². The summed E-state index contributed by atoms with van der Waals surface area (Å²) in [6.07, 6.45) is 3.30. The first-order chi connectivity index (χ1) is 19.0. The Morgan fingerprint density at radius 2 is 1.88 bits per heavy atom. The number of methoxy groups -OCH3 is 1. The Morgan fingerprint density at radius 3 is 2.60 bits per heavy atom. The Morgan fingerprint density at radius 1 is 1.12 bits per heavy atom. The molecule has 1 aliphatic carbocycles. The molecule has 1 aliphatic rings. The highest BCUT2D eigenvalue weighted by molar-refractivity contribution is 9.10. The summed E-state index contributed by atoms with van der Waals surface area (Å²) in [6, 6.07) is 5.27. The van der Waals surface area contributed by atoms with Crippen LogP contribution in [-0.4, -0.2) is 62.0 Å². The molecule has 2 aromatic heterocycles. The summed E-state index contributed by atoms with van der Waals surface area (Å²) in [5.41, 5.74) is 1.71. The van der Waals surface area contributed by atoms with Gasteiger partial charge in [-0.15, -0.1) is 11.3 Å². The van der Waals surface area contributed by atoms with Crippen LogP contribution in [-0.2, 0) is 53.1 Å². The lowest BCUT2D eigenvalue weighted by atomic mass is 9.95. The lowest BCUT2D eigenvalue weighted by Gasteiger charge is -2.12. The van der Waals surface area contributed by atoms with Crippen LogP contribution in [0.15, 0.2) is 27.7 Å². The first-order valence-electron chi connectivity index (χ1n) is 12.3. The number of amides is 2. The number of thiazole rings is 1. The van der Waals surface area contributed by atoms with E-state index in [2.05, 4.69) is 26.2 Å². The van der Waals surface area contributed by atoms with Crippen LogP contribution in [0.25, 0.3) is 10.2 Å². The number of thiophene rings is 1. The van der Waals surface area contributed by atoms with E-state index in [0.717, 1.165) is 45.5 Å². The van der Waals surface area contributed by atoms with Gasteiger partial charge in [0.2, 0.25) is 5.91 Å². The summed E-state index contributed by atoms with van der Waals surface area (Å²) >= 11 is 5.72. The molecular formula is C25H26BrN3O8S3. The van der Waals surface area contributed by atoms with Crippen LogP contribution in [0.5, 0.6) is 0 Å². The maximum Gasteiger partial charge on any atom is 0.341 e. The average molecular weight is 673 g/mol. The highest BCUT2D eigenvalue weighted by atomic mass is 79.9. The fourth-order valence-electron chi connectivity index (χ4n) is 4.29. The third-order valence-electron chi connectivity index (χ3n) is 5.98. The Kier molecular flexibility index (Phi) is 9.59. The predicted octanol–water partition coefficient (Wildman–Crippen LogP) is 3.24. The largest absolute Gasteiger partial charge is 0.468 e. The molecule has 0 saturated heterocycles. The monoisotopic (exact) mass is 671 g/mol. The van der Waals surface area contributed by atoms with E-state index < -0.39 is 45.1 Å². The molecular weight excluding hydrogens is 646 g/mol.